The van der Waals surface area contributed by atoms with Crippen LogP contribution in [0, 0.1) is 5.92 Å². The van der Waals surface area contributed by atoms with Gasteiger partial charge in [-0.15, -0.1) is 0 Å². The summed E-state index contributed by atoms with van der Waals surface area (Å²) in [6.45, 7) is 6.75. The molecule has 5 saturated heterocycles. The molecule has 0 aromatic heterocycles. The second kappa shape index (κ2) is 4.77. The largest absolute Gasteiger partial charge is 0.312 e. The Morgan fingerprint density at radius 1 is 0.833 bits per heavy atom. The standard InChI is InChI=1S/C15H27N3/c1-3-13(16-7-1)14-4-2-8-18(14)15-11-17-9-5-12(15)6-10-17/h12-16H,1-11H2. The molecule has 1 N–H and O–H groups in total. The van der Waals surface area contributed by atoms with E-state index in [1.807, 2.05) is 0 Å². The molecule has 5 heterocycles. The van der Waals surface area contributed by atoms with Crippen LogP contribution in [0.1, 0.15) is 38.5 Å². The molecule has 3 nitrogen and oxygen atoms in total. The number of nitrogens with one attached hydrogen (secondary N) is 1. The zero-order chi connectivity index (χ0) is 11.9. The lowest BCUT2D eigenvalue weighted by Crippen LogP contribution is -2.60. The molecule has 102 valence electrons. The van der Waals surface area contributed by atoms with E-state index >= 15 is 0 Å². The monoisotopic (exact) mass is 249 g/mol. The maximum Gasteiger partial charge on any atom is 0.0255 e. The van der Waals surface area contributed by atoms with E-state index in [9.17, 15) is 0 Å². The fourth-order valence-electron chi connectivity index (χ4n) is 5.01. The van der Waals surface area contributed by atoms with E-state index in [-0.39, 0.29) is 0 Å². The summed E-state index contributed by atoms with van der Waals surface area (Å²) in [6, 6.07) is 2.56. The van der Waals surface area contributed by atoms with Crippen molar-refractivity contribution in [1.82, 2.24) is 15.1 Å². The number of likely N-dealkylation sites (tertiary alicyclic amines) is 1. The van der Waals surface area contributed by atoms with Crippen LogP contribution in [0.25, 0.3) is 0 Å². The Bertz CT molecular complexity index is 292. The summed E-state index contributed by atoms with van der Waals surface area (Å²) < 4.78 is 0. The molecule has 2 bridgehead atoms. The van der Waals surface area contributed by atoms with Gasteiger partial charge in [0.05, 0.1) is 0 Å². The van der Waals surface area contributed by atoms with Crippen molar-refractivity contribution in [3.05, 3.63) is 0 Å². The first kappa shape index (κ1) is 11.7. The minimum Gasteiger partial charge on any atom is -0.312 e. The molecule has 0 saturated carbocycles. The van der Waals surface area contributed by atoms with Crippen LogP contribution >= 0.6 is 0 Å². The summed E-state index contributed by atoms with van der Waals surface area (Å²) in [6.07, 6.45) is 8.63. The van der Waals surface area contributed by atoms with Gasteiger partial charge in [0.25, 0.3) is 0 Å². The van der Waals surface area contributed by atoms with E-state index in [2.05, 4.69) is 15.1 Å². The Morgan fingerprint density at radius 2 is 1.72 bits per heavy atom. The van der Waals surface area contributed by atoms with Crippen molar-refractivity contribution in [2.45, 2.75) is 56.7 Å². The number of rotatable bonds is 2. The number of hydrogen-bond acceptors (Lipinski definition) is 3. The Hall–Kier alpha value is -0.120. The minimum atomic E-state index is 0.808. The van der Waals surface area contributed by atoms with Gasteiger partial charge >= 0.3 is 0 Å². The predicted molar refractivity (Wildman–Crippen MR) is 73.7 cm³/mol. The first-order valence-electron chi connectivity index (χ1n) is 8.13. The SMILES string of the molecule is C1CNC(C2CCCN2C2CN3CCC2CC3)C1. The molecular formula is C15H27N3. The van der Waals surface area contributed by atoms with E-state index in [1.165, 1.54) is 71.2 Å². The zero-order valence-electron chi connectivity index (χ0n) is 11.5. The van der Waals surface area contributed by atoms with Crippen LogP contribution in [0.15, 0.2) is 0 Å². The summed E-state index contributed by atoms with van der Waals surface area (Å²) in [7, 11) is 0. The van der Waals surface area contributed by atoms with Gasteiger partial charge < -0.3 is 10.2 Å². The van der Waals surface area contributed by atoms with Crippen molar-refractivity contribution in [3.63, 3.8) is 0 Å². The highest BCUT2D eigenvalue weighted by atomic mass is 15.3. The van der Waals surface area contributed by atoms with Gasteiger partial charge in [-0.05, 0) is 70.6 Å². The Kier molecular flexibility index (Phi) is 3.10. The van der Waals surface area contributed by atoms with Crippen LogP contribution in [0.5, 0.6) is 0 Å². The normalized spacial score (nSPS) is 49.0. The first-order valence-corrected chi connectivity index (χ1v) is 8.13. The van der Waals surface area contributed by atoms with E-state index in [0.717, 1.165) is 24.0 Å². The quantitative estimate of drug-likeness (QED) is 0.796. The second-order valence-corrected chi connectivity index (χ2v) is 6.86. The lowest BCUT2D eigenvalue weighted by molar-refractivity contribution is -0.00557. The van der Waals surface area contributed by atoms with Crippen LogP contribution in [0.4, 0.5) is 0 Å². The van der Waals surface area contributed by atoms with Crippen molar-refractivity contribution in [2.24, 2.45) is 5.92 Å². The van der Waals surface area contributed by atoms with Crippen molar-refractivity contribution in [3.8, 4) is 0 Å². The molecule has 0 aromatic rings. The molecule has 18 heavy (non-hydrogen) atoms. The Morgan fingerprint density at radius 3 is 2.39 bits per heavy atom. The van der Waals surface area contributed by atoms with Crippen LogP contribution in [-0.4, -0.2) is 60.6 Å². The molecule has 0 spiro atoms. The van der Waals surface area contributed by atoms with Crippen molar-refractivity contribution >= 4 is 0 Å². The fourth-order valence-corrected chi connectivity index (χ4v) is 5.01. The lowest BCUT2D eigenvalue weighted by Gasteiger charge is -2.50. The third-order valence-electron chi connectivity index (χ3n) is 5.95. The maximum atomic E-state index is 3.76. The molecule has 3 heteroatoms. The smallest absolute Gasteiger partial charge is 0.0255 e. The Balaban J connectivity index is 1.49. The summed E-state index contributed by atoms with van der Waals surface area (Å²) >= 11 is 0. The molecular weight excluding hydrogens is 222 g/mol. The van der Waals surface area contributed by atoms with Gasteiger partial charge in [0.2, 0.25) is 0 Å². The second-order valence-electron chi connectivity index (χ2n) is 6.86. The lowest BCUT2D eigenvalue weighted by atomic mass is 9.82. The summed E-state index contributed by atoms with van der Waals surface area (Å²) in [5, 5.41) is 3.76. The van der Waals surface area contributed by atoms with Crippen LogP contribution in [-0.2, 0) is 0 Å². The average molecular weight is 249 g/mol. The molecule has 5 aliphatic rings. The van der Waals surface area contributed by atoms with Gasteiger partial charge in [0.1, 0.15) is 0 Å². The van der Waals surface area contributed by atoms with E-state index in [4.69, 9.17) is 0 Å². The van der Waals surface area contributed by atoms with Gasteiger partial charge in [0, 0.05) is 24.7 Å². The van der Waals surface area contributed by atoms with Gasteiger partial charge in [-0.3, -0.25) is 4.90 Å². The highest BCUT2D eigenvalue weighted by Crippen LogP contribution is 2.36. The number of piperidine rings is 3. The van der Waals surface area contributed by atoms with Gasteiger partial charge in [-0.1, -0.05) is 0 Å². The molecule has 5 fully saturated rings. The number of nitrogens with zero attached hydrogens (tertiary/aromatic N) is 2. The average Bonchev–Trinajstić information content (AvgIpc) is 3.11. The van der Waals surface area contributed by atoms with Crippen LogP contribution in [0.3, 0.4) is 0 Å². The number of hydrogen-bond donors (Lipinski definition) is 1. The summed E-state index contributed by atoms with van der Waals surface area (Å²) in [4.78, 5) is 5.63. The third-order valence-corrected chi connectivity index (χ3v) is 5.95. The molecule has 3 atom stereocenters. The minimum absolute atomic E-state index is 0.808. The summed E-state index contributed by atoms with van der Waals surface area (Å²) in [5.74, 6) is 1.01. The summed E-state index contributed by atoms with van der Waals surface area (Å²) in [5.41, 5.74) is 0. The van der Waals surface area contributed by atoms with E-state index in [1.54, 1.807) is 0 Å². The zero-order valence-corrected chi connectivity index (χ0v) is 11.5. The number of fused-ring (bicyclic) bond motifs is 3. The van der Waals surface area contributed by atoms with E-state index < -0.39 is 0 Å². The third kappa shape index (κ3) is 1.91. The molecule has 5 rings (SSSR count). The van der Waals surface area contributed by atoms with Crippen molar-refractivity contribution in [2.75, 3.05) is 32.7 Å². The highest BCUT2D eigenvalue weighted by Gasteiger charge is 2.43. The van der Waals surface area contributed by atoms with Crippen LogP contribution in [0.2, 0.25) is 0 Å². The Labute approximate surface area is 111 Å². The van der Waals surface area contributed by atoms with Gasteiger partial charge in [-0.25, -0.2) is 0 Å². The fraction of sp³-hybridized carbons (Fsp3) is 1.00. The molecule has 0 amide bonds. The van der Waals surface area contributed by atoms with Crippen molar-refractivity contribution in [1.29, 1.82) is 0 Å². The van der Waals surface area contributed by atoms with Crippen molar-refractivity contribution < 1.29 is 0 Å². The van der Waals surface area contributed by atoms with E-state index in [0.29, 0.717) is 0 Å². The molecule has 0 aliphatic carbocycles. The molecule has 0 aromatic carbocycles. The van der Waals surface area contributed by atoms with Gasteiger partial charge in [-0.2, -0.15) is 0 Å². The molecule has 0 radical (unpaired) electrons. The first-order chi connectivity index (χ1) is 8.92. The predicted octanol–water partition coefficient (Wildman–Crippen LogP) is 1.30. The highest BCUT2D eigenvalue weighted by molar-refractivity contribution is 5.00. The topological polar surface area (TPSA) is 18.5 Å². The van der Waals surface area contributed by atoms with Crippen LogP contribution < -0.4 is 5.32 Å². The molecule has 5 aliphatic heterocycles. The maximum absolute atomic E-state index is 3.76. The van der Waals surface area contributed by atoms with Gasteiger partial charge in [0.15, 0.2) is 0 Å². The molecule has 3 unspecified atom stereocenters.